The molecule has 0 bridgehead atoms. The summed E-state index contributed by atoms with van der Waals surface area (Å²) in [5.41, 5.74) is 4.17. The predicted molar refractivity (Wildman–Crippen MR) is 110 cm³/mol. The first kappa shape index (κ1) is 24.1. The normalized spacial score (nSPS) is 17.6. The average Bonchev–Trinajstić information content (AvgIpc) is 3.00. The Balaban J connectivity index is 0.00000118. The second-order valence-electron chi connectivity index (χ2n) is 6.75. The molecule has 1 N–H and O–H groups in total. The first-order valence-corrected chi connectivity index (χ1v) is 9.22. The van der Waals surface area contributed by atoms with Gasteiger partial charge in [-0.3, -0.25) is 4.48 Å². The smallest absolute Gasteiger partial charge is 0.155 e. The Hall–Kier alpha value is -0.946. The fraction of sp³-hybridized carbons (Fsp3) is 0.400. The van der Waals surface area contributed by atoms with Crippen molar-refractivity contribution in [2.45, 2.75) is 44.7 Å². The van der Waals surface area contributed by atoms with Crippen LogP contribution in [0.3, 0.4) is 0 Å². The van der Waals surface area contributed by atoms with E-state index in [9.17, 15) is 4.91 Å². The molecule has 1 radical (unpaired) electrons. The molecule has 3 rings (SSSR count). The van der Waals surface area contributed by atoms with Gasteiger partial charge >= 0.3 is 0 Å². The van der Waals surface area contributed by atoms with E-state index in [1.54, 1.807) is 0 Å². The number of benzene rings is 2. The summed E-state index contributed by atoms with van der Waals surface area (Å²) in [4.78, 5) is 15.7. The standard InChI is InChI=1S/C18H21N3O2S.C2H6.Y/c1-18(2,14-6-4-5-13(9-14)11-23-20-22)21(3)12-19-16-8-7-15(24)10-17(16)21;1-2;/h4-6,8-10,19,24H,11-12H2,1-3H3;1-2H3;. The molecule has 2 aromatic carbocycles. The minimum absolute atomic E-state index is 0. The number of hydrogen-bond acceptors (Lipinski definition) is 5. The Labute approximate surface area is 192 Å². The number of quaternary nitrogens is 1. The molecule has 1 aliphatic rings. The summed E-state index contributed by atoms with van der Waals surface area (Å²) in [6, 6.07) is 15.3. The fourth-order valence-corrected chi connectivity index (χ4v) is 3.46. The first-order chi connectivity index (χ1) is 12.4. The van der Waals surface area contributed by atoms with Crippen LogP contribution >= 0.6 is 12.6 Å². The van der Waals surface area contributed by atoms with Gasteiger partial charge in [0.25, 0.3) is 0 Å². The van der Waals surface area contributed by atoms with Gasteiger partial charge in [-0.2, -0.15) is 18.7 Å². The number of nitrogens with one attached hydrogen (secondary N) is 1. The Bertz CT molecular complexity index is 786. The third kappa shape index (κ3) is 4.73. The molecule has 5 nitrogen and oxygen atoms in total. The van der Waals surface area contributed by atoms with Crippen molar-refractivity contribution in [2.75, 3.05) is 19.0 Å². The van der Waals surface area contributed by atoms with Gasteiger partial charge < -0.3 is 10.2 Å². The van der Waals surface area contributed by atoms with Crippen LogP contribution < -0.4 is 9.80 Å². The van der Waals surface area contributed by atoms with Gasteiger partial charge in [-0.25, -0.2) is 0 Å². The molecular formula is C20H27N3O2SY. The van der Waals surface area contributed by atoms with E-state index in [4.69, 9.17) is 0 Å². The van der Waals surface area contributed by atoms with Crippen LogP contribution in [0.2, 0.25) is 0 Å². The van der Waals surface area contributed by atoms with Crippen LogP contribution in [0.25, 0.3) is 0 Å². The quantitative estimate of drug-likeness (QED) is 0.210. The zero-order valence-corrected chi connectivity index (χ0v) is 20.3. The van der Waals surface area contributed by atoms with Gasteiger partial charge in [0.05, 0.1) is 12.7 Å². The van der Waals surface area contributed by atoms with Crippen LogP contribution in [0.5, 0.6) is 0 Å². The predicted octanol–water partition coefficient (Wildman–Crippen LogP) is 5.25. The zero-order chi connectivity index (χ0) is 19.4. The van der Waals surface area contributed by atoms with Crippen molar-refractivity contribution in [3.63, 3.8) is 0 Å². The average molecular weight is 462 g/mol. The van der Waals surface area contributed by atoms with Gasteiger partial charge in [-0.15, -0.1) is 15.9 Å². The van der Waals surface area contributed by atoms with Crippen LogP contribution in [-0.2, 0) is 49.7 Å². The fourth-order valence-electron chi connectivity index (χ4n) is 3.27. The molecule has 7 heteroatoms. The van der Waals surface area contributed by atoms with E-state index in [1.165, 1.54) is 11.3 Å². The number of hydrogen-bond donors (Lipinski definition) is 2. The van der Waals surface area contributed by atoms with Gasteiger partial charge in [0.2, 0.25) is 0 Å². The molecule has 0 saturated heterocycles. The third-order valence-electron chi connectivity index (χ3n) is 5.18. The maximum Gasteiger partial charge on any atom is 0.155 e. The van der Waals surface area contributed by atoms with Crippen LogP contribution in [0.1, 0.15) is 38.8 Å². The molecule has 0 spiro atoms. The maximum absolute atomic E-state index is 10.2. The van der Waals surface area contributed by atoms with Crippen molar-refractivity contribution in [3.05, 3.63) is 58.5 Å². The zero-order valence-electron chi connectivity index (χ0n) is 16.6. The van der Waals surface area contributed by atoms with Gasteiger partial charge in [0.15, 0.2) is 5.34 Å². The molecule has 0 amide bonds. The Kier molecular flexibility index (Phi) is 8.93. The van der Waals surface area contributed by atoms with Crippen LogP contribution in [0.4, 0.5) is 11.4 Å². The van der Waals surface area contributed by atoms with E-state index in [1.807, 2.05) is 32.0 Å². The van der Waals surface area contributed by atoms with Crippen molar-refractivity contribution in [2.24, 2.45) is 5.34 Å². The summed E-state index contributed by atoms with van der Waals surface area (Å²) in [5, 5.41) is 5.95. The summed E-state index contributed by atoms with van der Waals surface area (Å²) in [6.45, 7) is 9.40. The minimum atomic E-state index is -0.204. The number of anilines is 1. The molecule has 27 heavy (non-hydrogen) atoms. The summed E-state index contributed by atoms with van der Waals surface area (Å²) in [7, 11) is 2.21. The van der Waals surface area contributed by atoms with E-state index in [2.05, 4.69) is 73.3 Å². The van der Waals surface area contributed by atoms with Gasteiger partial charge in [-0.1, -0.05) is 38.1 Å². The largest absolute Gasteiger partial charge is 0.387 e. The second-order valence-corrected chi connectivity index (χ2v) is 7.23. The van der Waals surface area contributed by atoms with Gasteiger partial charge in [0, 0.05) is 38.3 Å². The number of fused-ring (bicyclic) bond motifs is 1. The molecule has 1 unspecified atom stereocenters. The number of thiol groups is 1. The third-order valence-corrected chi connectivity index (χ3v) is 5.44. The molecule has 143 valence electrons. The topological polar surface area (TPSA) is 50.7 Å². The van der Waals surface area contributed by atoms with E-state index < -0.39 is 0 Å². The number of rotatable bonds is 5. The van der Waals surface area contributed by atoms with Gasteiger partial charge in [-0.05, 0) is 31.2 Å². The van der Waals surface area contributed by atoms with E-state index in [-0.39, 0.29) is 44.9 Å². The Morgan fingerprint density at radius 2 is 2.04 bits per heavy atom. The molecular weight excluding hydrogens is 435 g/mol. The Morgan fingerprint density at radius 3 is 2.70 bits per heavy atom. The van der Waals surface area contributed by atoms with Gasteiger partial charge in [0.1, 0.15) is 18.8 Å². The summed E-state index contributed by atoms with van der Waals surface area (Å²) in [5.74, 6) is 0. The molecule has 0 aliphatic carbocycles. The maximum atomic E-state index is 10.2. The summed E-state index contributed by atoms with van der Waals surface area (Å²) >= 11 is 4.45. The van der Waals surface area contributed by atoms with Crippen LogP contribution in [0.15, 0.2) is 46.6 Å². The molecule has 0 saturated carbocycles. The van der Waals surface area contributed by atoms with Crippen molar-refractivity contribution in [1.29, 1.82) is 0 Å². The SMILES string of the molecule is CC.CC(C)(c1cccc(CON=O)c1)[N+]1(C)CNc2c[c-]c(S)cc21.[Y]. The first-order valence-electron chi connectivity index (χ1n) is 8.77. The van der Waals surface area contributed by atoms with E-state index in [0.29, 0.717) is 4.48 Å². The second kappa shape index (κ2) is 10.0. The van der Waals surface area contributed by atoms with Crippen LogP contribution in [-0.4, -0.2) is 13.7 Å². The molecule has 0 aromatic heterocycles. The van der Waals surface area contributed by atoms with Crippen LogP contribution in [0, 0.1) is 11.0 Å². The van der Waals surface area contributed by atoms with Crippen molar-refractivity contribution in [3.8, 4) is 0 Å². The Morgan fingerprint density at radius 1 is 1.33 bits per heavy atom. The molecule has 0 fully saturated rings. The molecule has 1 aliphatic heterocycles. The molecule has 1 atom stereocenters. The summed E-state index contributed by atoms with van der Waals surface area (Å²) in [6.07, 6.45) is 0. The van der Waals surface area contributed by atoms with Crippen molar-refractivity contribution >= 4 is 24.0 Å². The van der Waals surface area contributed by atoms with Crippen molar-refractivity contribution < 1.29 is 37.5 Å². The monoisotopic (exact) mass is 462 g/mol. The van der Waals surface area contributed by atoms with E-state index >= 15 is 0 Å². The number of nitrogens with zero attached hydrogens (tertiary/aromatic N) is 2. The van der Waals surface area contributed by atoms with Crippen molar-refractivity contribution in [1.82, 2.24) is 4.48 Å². The molecule has 1 heterocycles. The van der Waals surface area contributed by atoms with E-state index in [0.717, 1.165) is 22.8 Å². The summed E-state index contributed by atoms with van der Waals surface area (Å²) < 4.78 is 0.695. The minimum Gasteiger partial charge on any atom is -0.387 e. The molecule has 2 aromatic rings.